The van der Waals surface area contributed by atoms with E-state index in [1.54, 1.807) is 0 Å². The van der Waals surface area contributed by atoms with Crippen LogP contribution in [0.1, 0.15) is 58.1 Å². The van der Waals surface area contributed by atoms with Crippen molar-refractivity contribution in [1.29, 1.82) is 0 Å². The van der Waals surface area contributed by atoms with E-state index in [0.717, 1.165) is 38.0 Å². The van der Waals surface area contributed by atoms with Crippen molar-refractivity contribution in [1.82, 2.24) is 5.32 Å². The first-order chi connectivity index (χ1) is 9.98. The average Bonchev–Trinajstić information content (AvgIpc) is 2.90. The molecule has 21 heavy (non-hydrogen) atoms. The predicted octanol–water partition coefficient (Wildman–Crippen LogP) is 3.68. The molecule has 1 aliphatic rings. The molecular weight excluding hydrogens is 262 g/mol. The van der Waals surface area contributed by atoms with Crippen molar-refractivity contribution in [2.24, 2.45) is 5.92 Å². The fourth-order valence-corrected chi connectivity index (χ4v) is 2.79. The number of ether oxygens (including phenoxy) is 1. The van der Waals surface area contributed by atoms with Gasteiger partial charge in [-0.2, -0.15) is 0 Å². The summed E-state index contributed by atoms with van der Waals surface area (Å²) in [6.45, 7) is 7.87. The molecule has 1 fully saturated rings. The Hall–Kier alpha value is -1.06. The molecular formula is C18H29NO2. The fraction of sp³-hybridized carbons (Fsp3) is 0.667. The summed E-state index contributed by atoms with van der Waals surface area (Å²) in [5.74, 6) is 1.46. The van der Waals surface area contributed by atoms with Gasteiger partial charge in [0.25, 0.3) is 0 Å². The van der Waals surface area contributed by atoms with Gasteiger partial charge >= 0.3 is 0 Å². The summed E-state index contributed by atoms with van der Waals surface area (Å²) >= 11 is 0. The maximum Gasteiger partial charge on any atom is 0.119 e. The maximum absolute atomic E-state index is 10.4. The molecule has 2 rings (SSSR count). The minimum atomic E-state index is -0.491. The summed E-state index contributed by atoms with van der Waals surface area (Å²) in [6.07, 6.45) is 4.15. The van der Waals surface area contributed by atoms with Crippen LogP contribution in [0.25, 0.3) is 0 Å². The fourth-order valence-electron chi connectivity index (χ4n) is 2.79. The van der Waals surface area contributed by atoms with Crippen LogP contribution in [0.3, 0.4) is 0 Å². The Morgan fingerprint density at radius 1 is 1.14 bits per heavy atom. The third-order valence-corrected chi connectivity index (χ3v) is 4.24. The lowest BCUT2D eigenvalue weighted by atomic mass is 10.0. The van der Waals surface area contributed by atoms with Crippen LogP contribution >= 0.6 is 0 Å². The third-order valence-electron chi connectivity index (χ3n) is 4.24. The molecule has 3 heteroatoms. The van der Waals surface area contributed by atoms with Gasteiger partial charge in [-0.15, -0.1) is 0 Å². The van der Waals surface area contributed by atoms with Crippen LogP contribution < -0.4 is 10.1 Å². The standard InChI is InChI=1S/C18H29NO2/c1-14(2)12-21-17-8-6-16(7-9-17)15(3)19-13-18(20)10-4-5-11-18/h6-9,14-15,19-20H,4-5,10-13H2,1-3H3. The van der Waals surface area contributed by atoms with E-state index in [9.17, 15) is 5.11 Å². The lowest BCUT2D eigenvalue weighted by Gasteiger charge is -2.25. The van der Waals surface area contributed by atoms with E-state index in [1.165, 1.54) is 5.56 Å². The molecule has 1 aromatic rings. The van der Waals surface area contributed by atoms with Gasteiger partial charge in [0.1, 0.15) is 5.75 Å². The van der Waals surface area contributed by atoms with Gasteiger partial charge in [0, 0.05) is 12.6 Å². The van der Waals surface area contributed by atoms with E-state index in [1.807, 2.05) is 12.1 Å². The highest BCUT2D eigenvalue weighted by Gasteiger charge is 2.30. The Morgan fingerprint density at radius 2 is 1.76 bits per heavy atom. The van der Waals surface area contributed by atoms with Gasteiger partial charge in [0.05, 0.1) is 12.2 Å². The zero-order valence-corrected chi connectivity index (χ0v) is 13.6. The zero-order valence-electron chi connectivity index (χ0n) is 13.6. The third kappa shape index (κ3) is 5.01. The molecule has 2 N–H and O–H groups in total. The quantitative estimate of drug-likeness (QED) is 0.805. The molecule has 1 unspecified atom stereocenters. The van der Waals surface area contributed by atoms with Gasteiger partial charge in [0.2, 0.25) is 0 Å². The second-order valence-electron chi connectivity index (χ2n) is 6.81. The summed E-state index contributed by atoms with van der Waals surface area (Å²) in [6, 6.07) is 8.51. The predicted molar refractivity (Wildman–Crippen MR) is 86.6 cm³/mol. The van der Waals surface area contributed by atoms with Gasteiger partial charge in [-0.3, -0.25) is 0 Å². The lowest BCUT2D eigenvalue weighted by Crippen LogP contribution is -2.39. The Balaban J connectivity index is 1.83. The van der Waals surface area contributed by atoms with Gasteiger partial charge in [-0.05, 0) is 43.4 Å². The highest BCUT2D eigenvalue weighted by molar-refractivity contribution is 5.29. The lowest BCUT2D eigenvalue weighted by molar-refractivity contribution is 0.0453. The molecule has 0 aliphatic heterocycles. The summed E-state index contributed by atoms with van der Waals surface area (Å²) in [5.41, 5.74) is 0.739. The summed E-state index contributed by atoms with van der Waals surface area (Å²) in [7, 11) is 0. The first-order valence-electron chi connectivity index (χ1n) is 8.17. The summed E-state index contributed by atoms with van der Waals surface area (Å²) < 4.78 is 5.70. The molecule has 0 spiro atoms. The normalized spacial score (nSPS) is 18.9. The number of benzene rings is 1. The van der Waals surface area contributed by atoms with E-state index in [2.05, 4.69) is 38.2 Å². The van der Waals surface area contributed by atoms with Crippen LogP contribution in [0.5, 0.6) is 5.75 Å². The van der Waals surface area contributed by atoms with Crippen LogP contribution in [0.4, 0.5) is 0 Å². The zero-order chi connectivity index (χ0) is 15.3. The van der Waals surface area contributed by atoms with Crippen molar-refractivity contribution in [3.05, 3.63) is 29.8 Å². The minimum absolute atomic E-state index is 0.244. The van der Waals surface area contributed by atoms with Crippen LogP contribution in [-0.2, 0) is 0 Å². The van der Waals surface area contributed by atoms with Crippen molar-refractivity contribution in [3.8, 4) is 5.75 Å². The SMILES string of the molecule is CC(C)COc1ccc(C(C)NCC2(O)CCCC2)cc1. The summed E-state index contributed by atoms with van der Waals surface area (Å²) in [4.78, 5) is 0. The van der Waals surface area contributed by atoms with Crippen molar-refractivity contribution in [2.45, 2.75) is 58.1 Å². The Morgan fingerprint density at radius 3 is 2.33 bits per heavy atom. The molecule has 1 atom stereocenters. The van der Waals surface area contributed by atoms with Crippen LogP contribution in [0.2, 0.25) is 0 Å². The van der Waals surface area contributed by atoms with Gasteiger partial charge < -0.3 is 15.2 Å². The smallest absolute Gasteiger partial charge is 0.119 e. The Kier molecular flexibility index (Phi) is 5.65. The molecule has 1 aromatic carbocycles. The van der Waals surface area contributed by atoms with Crippen molar-refractivity contribution in [3.63, 3.8) is 0 Å². The minimum Gasteiger partial charge on any atom is -0.493 e. The monoisotopic (exact) mass is 291 g/mol. The Bertz CT molecular complexity index is 421. The van der Waals surface area contributed by atoms with E-state index in [0.29, 0.717) is 12.5 Å². The van der Waals surface area contributed by atoms with E-state index >= 15 is 0 Å². The first-order valence-corrected chi connectivity index (χ1v) is 8.17. The highest BCUT2D eigenvalue weighted by atomic mass is 16.5. The molecule has 0 radical (unpaired) electrons. The van der Waals surface area contributed by atoms with Crippen molar-refractivity contribution < 1.29 is 9.84 Å². The number of hydrogen-bond acceptors (Lipinski definition) is 3. The molecule has 1 saturated carbocycles. The maximum atomic E-state index is 10.4. The van der Waals surface area contributed by atoms with Gasteiger partial charge in [-0.1, -0.05) is 38.8 Å². The van der Waals surface area contributed by atoms with E-state index in [-0.39, 0.29) is 6.04 Å². The number of nitrogens with one attached hydrogen (secondary N) is 1. The van der Waals surface area contributed by atoms with Crippen LogP contribution in [-0.4, -0.2) is 23.9 Å². The molecule has 118 valence electrons. The number of aliphatic hydroxyl groups is 1. The molecule has 0 saturated heterocycles. The topological polar surface area (TPSA) is 41.5 Å². The number of hydrogen-bond donors (Lipinski definition) is 2. The van der Waals surface area contributed by atoms with E-state index < -0.39 is 5.60 Å². The molecule has 3 nitrogen and oxygen atoms in total. The molecule has 1 aliphatic carbocycles. The highest BCUT2D eigenvalue weighted by Crippen LogP contribution is 2.29. The molecule has 0 heterocycles. The number of rotatable bonds is 7. The van der Waals surface area contributed by atoms with Gasteiger partial charge in [0.15, 0.2) is 0 Å². The molecule has 0 aromatic heterocycles. The Labute approximate surface area is 128 Å². The van der Waals surface area contributed by atoms with Crippen molar-refractivity contribution in [2.75, 3.05) is 13.2 Å². The summed E-state index contributed by atoms with van der Waals surface area (Å²) in [5, 5.41) is 13.8. The second kappa shape index (κ2) is 7.28. The van der Waals surface area contributed by atoms with Crippen LogP contribution in [0.15, 0.2) is 24.3 Å². The largest absolute Gasteiger partial charge is 0.493 e. The average molecular weight is 291 g/mol. The van der Waals surface area contributed by atoms with Gasteiger partial charge in [-0.25, -0.2) is 0 Å². The molecule has 0 bridgehead atoms. The van der Waals surface area contributed by atoms with E-state index in [4.69, 9.17) is 4.74 Å². The van der Waals surface area contributed by atoms with Crippen molar-refractivity contribution >= 4 is 0 Å². The second-order valence-corrected chi connectivity index (χ2v) is 6.81. The van der Waals surface area contributed by atoms with Crippen LogP contribution in [0, 0.1) is 5.92 Å². The molecule has 0 amide bonds. The first kappa shape index (κ1) is 16.3.